The molecule has 2 saturated heterocycles. The lowest BCUT2D eigenvalue weighted by atomic mass is 9.72. The van der Waals surface area contributed by atoms with Gasteiger partial charge >= 0.3 is 0 Å². The smallest absolute Gasteiger partial charge is 0.248 e. The van der Waals surface area contributed by atoms with E-state index in [4.69, 9.17) is 4.74 Å². The summed E-state index contributed by atoms with van der Waals surface area (Å²) < 4.78 is 6.90. The predicted octanol–water partition coefficient (Wildman–Crippen LogP) is -1.02. The van der Waals surface area contributed by atoms with Crippen LogP contribution in [-0.4, -0.2) is 65.5 Å². The third kappa shape index (κ3) is 1.93. The molecule has 0 aromatic carbocycles. The van der Waals surface area contributed by atoms with Crippen LogP contribution in [0.25, 0.3) is 0 Å². The molecule has 104 valence electrons. The van der Waals surface area contributed by atoms with Crippen molar-refractivity contribution >= 4 is 5.91 Å². The van der Waals surface area contributed by atoms with Crippen LogP contribution in [0.3, 0.4) is 0 Å². The molecule has 0 bridgehead atoms. The van der Waals surface area contributed by atoms with Crippen LogP contribution in [-0.2, 0) is 16.6 Å². The number of ether oxygens (including phenoxy) is 1. The minimum absolute atomic E-state index is 0.0541. The molecule has 7 nitrogen and oxygen atoms in total. The fourth-order valence-electron chi connectivity index (χ4n) is 3.14. The van der Waals surface area contributed by atoms with Crippen LogP contribution in [0.2, 0.25) is 0 Å². The third-order valence-electron chi connectivity index (χ3n) is 4.28. The Labute approximate surface area is 111 Å². The monoisotopic (exact) mass is 265 g/mol. The normalized spacial score (nSPS) is 24.7. The summed E-state index contributed by atoms with van der Waals surface area (Å²) in [6.07, 6.45) is 1.72. The summed E-state index contributed by atoms with van der Waals surface area (Å²) in [5.74, 6) is 1.27. The number of aromatic nitrogens is 3. The molecule has 2 aliphatic rings. The summed E-state index contributed by atoms with van der Waals surface area (Å²) in [7, 11) is 3.50. The maximum absolute atomic E-state index is 12.0. The number of hydrogen-bond donors (Lipinski definition) is 1. The molecule has 0 aliphatic carbocycles. The topological polar surface area (TPSA) is 72.3 Å². The number of nitrogens with zero attached hydrogens (tertiary/aromatic N) is 4. The summed E-state index contributed by atoms with van der Waals surface area (Å²) in [6.45, 7) is 3.49. The first-order valence-corrected chi connectivity index (χ1v) is 6.47. The number of rotatable bonds is 3. The van der Waals surface area contributed by atoms with E-state index >= 15 is 0 Å². The van der Waals surface area contributed by atoms with Crippen molar-refractivity contribution in [3.63, 3.8) is 0 Å². The van der Waals surface area contributed by atoms with Gasteiger partial charge in [-0.3, -0.25) is 4.79 Å². The van der Waals surface area contributed by atoms with Crippen molar-refractivity contribution in [2.45, 2.75) is 5.92 Å². The number of aryl methyl sites for hydroxylation is 1. The SMILES string of the molecule is COCC(=O)N1CC(c2nncn2C)C2(CNC2)C1. The molecule has 3 rings (SSSR count). The Morgan fingerprint density at radius 1 is 1.63 bits per heavy atom. The molecule has 1 spiro atoms. The first-order valence-electron chi connectivity index (χ1n) is 6.47. The van der Waals surface area contributed by atoms with Crippen LogP contribution >= 0.6 is 0 Å². The predicted molar refractivity (Wildman–Crippen MR) is 67.5 cm³/mol. The molecule has 1 N–H and O–H groups in total. The zero-order chi connectivity index (χ0) is 13.5. The van der Waals surface area contributed by atoms with Crippen LogP contribution in [0.5, 0.6) is 0 Å². The average molecular weight is 265 g/mol. The van der Waals surface area contributed by atoms with E-state index in [-0.39, 0.29) is 23.8 Å². The zero-order valence-electron chi connectivity index (χ0n) is 11.3. The molecule has 19 heavy (non-hydrogen) atoms. The van der Waals surface area contributed by atoms with Crippen molar-refractivity contribution < 1.29 is 9.53 Å². The molecule has 0 saturated carbocycles. The molecule has 1 unspecified atom stereocenters. The Bertz CT molecular complexity index is 482. The molecule has 1 aromatic heterocycles. The molecular formula is C12H19N5O2. The summed E-state index contributed by atoms with van der Waals surface area (Å²) in [4.78, 5) is 13.9. The van der Waals surface area contributed by atoms with Gasteiger partial charge in [0.15, 0.2) is 0 Å². The van der Waals surface area contributed by atoms with Crippen LogP contribution in [0.1, 0.15) is 11.7 Å². The van der Waals surface area contributed by atoms with E-state index in [0.29, 0.717) is 6.54 Å². The number of methoxy groups -OCH3 is 1. The molecule has 1 aromatic rings. The Kier molecular flexibility index (Phi) is 3.02. The van der Waals surface area contributed by atoms with Crippen molar-refractivity contribution in [2.75, 3.05) is 39.9 Å². The molecule has 2 aliphatic heterocycles. The van der Waals surface area contributed by atoms with Crippen LogP contribution in [0.4, 0.5) is 0 Å². The fourth-order valence-corrected chi connectivity index (χ4v) is 3.14. The molecule has 2 fully saturated rings. The largest absolute Gasteiger partial charge is 0.375 e. The minimum Gasteiger partial charge on any atom is -0.375 e. The number of carbonyl (C=O) groups excluding carboxylic acids is 1. The Morgan fingerprint density at radius 3 is 2.95 bits per heavy atom. The van der Waals surface area contributed by atoms with Gasteiger partial charge in [0.2, 0.25) is 5.91 Å². The van der Waals surface area contributed by atoms with Gasteiger partial charge < -0.3 is 19.5 Å². The van der Waals surface area contributed by atoms with Gasteiger partial charge in [0, 0.05) is 51.7 Å². The third-order valence-corrected chi connectivity index (χ3v) is 4.28. The van der Waals surface area contributed by atoms with Crippen molar-refractivity contribution in [1.29, 1.82) is 0 Å². The second-order valence-corrected chi connectivity index (χ2v) is 5.53. The Hall–Kier alpha value is -1.47. The van der Waals surface area contributed by atoms with E-state index in [2.05, 4.69) is 15.5 Å². The van der Waals surface area contributed by atoms with Crippen LogP contribution < -0.4 is 5.32 Å². The quantitative estimate of drug-likeness (QED) is 0.757. The highest BCUT2D eigenvalue weighted by Gasteiger charge is 2.53. The van der Waals surface area contributed by atoms with Gasteiger partial charge in [-0.05, 0) is 0 Å². The molecular weight excluding hydrogens is 246 g/mol. The Balaban J connectivity index is 1.83. The van der Waals surface area contributed by atoms with E-state index in [1.165, 1.54) is 0 Å². The van der Waals surface area contributed by atoms with Gasteiger partial charge in [-0.2, -0.15) is 0 Å². The highest BCUT2D eigenvalue weighted by atomic mass is 16.5. The molecule has 1 atom stereocenters. The van der Waals surface area contributed by atoms with E-state index in [1.54, 1.807) is 13.4 Å². The summed E-state index contributed by atoms with van der Waals surface area (Å²) in [6, 6.07) is 0. The first kappa shape index (κ1) is 12.6. The van der Waals surface area contributed by atoms with Gasteiger partial charge in [-0.25, -0.2) is 0 Å². The summed E-state index contributed by atoms with van der Waals surface area (Å²) >= 11 is 0. The van der Waals surface area contributed by atoms with Gasteiger partial charge in [-0.15, -0.1) is 10.2 Å². The maximum atomic E-state index is 12.0. The Morgan fingerprint density at radius 2 is 2.42 bits per heavy atom. The summed E-state index contributed by atoms with van der Waals surface area (Å²) in [5.41, 5.74) is 0.115. The van der Waals surface area contributed by atoms with E-state index in [1.807, 2.05) is 16.5 Å². The molecule has 0 radical (unpaired) electrons. The van der Waals surface area contributed by atoms with Crippen molar-refractivity contribution in [1.82, 2.24) is 25.0 Å². The van der Waals surface area contributed by atoms with Gasteiger partial charge in [-0.1, -0.05) is 0 Å². The van der Waals surface area contributed by atoms with Gasteiger partial charge in [0.25, 0.3) is 0 Å². The summed E-state index contributed by atoms with van der Waals surface area (Å²) in [5, 5.41) is 11.5. The number of carbonyl (C=O) groups is 1. The van der Waals surface area contributed by atoms with E-state index < -0.39 is 0 Å². The molecule has 1 amide bonds. The van der Waals surface area contributed by atoms with Crippen molar-refractivity contribution in [2.24, 2.45) is 12.5 Å². The highest BCUT2D eigenvalue weighted by molar-refractivity contribution is 5.78. The number of likely N-dealkylation sites (tertiary alicyclic amines) is 1. The maximum Gasteiger partial charge on any atom is 0.248 e. The first-order chi connectivity index (χ1) is 9.16. The lowest BCUT2D eigenvalue weighted by Gasteiger charge is -2.42. The van der Waals surface area contributed by atoms with Crippen LogP contribution in [0.15, 0.2) is 6.33 Å². The minimum atomic E-state index is 0.0541. The van der Waals surface area contributed by atoms with E-state index in [9.17, 15) is 4.79 Å². The second kappa shape index (κ2) is 4.57. The van der Waals surface area contributed by atoms with Gasteiger partial charge in [0.1, 0.15) is 18.8 Å². The van der Waals surface area contributed by atoms with Crippen LogP contribution in [0, 0.1) is 5.41 Å². The number of amides is 1. The van der Waals surface area contributed by atoms with E-state index in [0.717, 1.165) is 25.5 Å². The standard InChI is InChI=1S/C12H19N5O2/c1-16-8-14-15-11(16)9-3-17(10(18)4-19-2)7-12(9)5-13-6-12/h8-9,13H,3-7H2,1-2H3. The molecule has 7 heteroatoms. The lowest BCUT2D eigenvalue weighted by molar-refractivity contribution is -0.134. The zero-order valence-corrected chi connectivity index (χ0v) is 11.3. The van der Waals surface area contributed by atoms with Crippen molar-refractivity contribution in [3.8, 4) is 0 Å². The lowest BCUT2D eigenvalue weighted by Crippen LogP contribution is -2.57. The average Bonchev–Trinajstić information content (AvgIpc) is 2.91. The van der Waals surface area contributed by atoms with Crippen molar-refractivity contribution in [3.05, 3.63) is 12.2 Å². The number of hydrogen-bond acceptors (Lipinski definition) is 5. The highest BCUT2D eigenvalue weighted by Crippen LogP contribution is 2.44. The fraction of sp³-hybridized carbons (Fsp3) is 0.750. The number of nitrogens with one attached hydrogen (secondary N) is 1. The second-order valence-electron chi connectivity index (χ2n) is 5.53. The molecule has 3 heterocycles. The van der Waals surface area contributed by atoms with Gasteiger partial charge in [0.05, 0.1) is 0 Å².